The normalized spacial score (nSPS) is 12.0. The third kappa shape index (κ3) is 25.4. The van der Waals surface area contributed by atoms with Crippen LogP contribution in [0.1, 0.15) is 162 Å². The van der Waals surface area contributed by atoms with Gasteiger partial charge in [-0.15, -0.1) is 0 Å². The highest BCUT2D eigenvalue weighted by atomic mass is 16.6. The first-order valence-electron chi connectivity index (χ1n) is 14.4. The maximum Gasteiger partial charge on any atom is 0.306 e. The lowest BCUT2D eigenvalue weighted by Crippen LogP contribution is -2.22. The second-order valence-electron chi connectivity index (χ2n) is 9.85. The summed E-state index contributed by atoms with van der Waals surface area (Å²) < 4.78 is 10.6. The molecule has 4 heteroatoms. The standard InChI is InChI=1S/C29H56O4/c1-4-6-8-10-12-14-15-17-19-21-23-25-29(31)33-27(3)26-32-28(30)24-22-20-18-16-13-11-9-7-5-2/h27H,4-26H2,1-3H3/t27-/m1/s1. The zero-order valence-electron chi connectivity index (χ0n) is 22.5. The second-order valence-corrected chi connectivity index (χ2v) is 9.85. The van der Waals surface area contributed by atoms with Crippen molar-refractivity contribution in [1.29, 1.82) is 0 Å². The lowest BCUT2D eigenvalue weighted by molar-refractivity contribution is -0.158. The molecular weight excluding hydrogens is 412 g/mol. The van der Waals surface area contributed by atoms with Gasteiger partial charge in [0.25, 0.3) is 0 Å². The number of hydrogen-bond donors (Lipinski definition) is 0. The minimum atomic E-state index is -0.364. The van der Waals surface area contributed by atoms with E-state index in [0.29, 0.717) is 12.8 Å². The molecule has 0 amide bonds. The molecule has 0 aromatic carbocycles. The Balaban J connectivity index is 3.45. The van der Waals surface area contributed by atoms with Crippen LogP contribution in [-0.4, -0.2) is 24.6 Å². The maximum atomic E-state index is 12.0. The third-order valence-electron chi connectivity index (χ3n) is 6.28. The molecule has 0 aliphatic carbocycles. The molecule has 0 aromatic heterocycles. The van der Waals surface area contributed by atoms with Crippen molar-refractivity contribution >= 4 is 11.9 Å². The topological polar surface area (TPSA) is 52.6 Å². The van der Waals surface area contributed by atoms with Crippen LogP contribution >= 0.6 is 0 Å². The van der Waals surface area contributed by atoms with E-state index < -0.39 is 0 Å². The van der Waals surface area contributed by atoms with Gasteiger partial charge in [-0.3, -0.25) is 9.59 Å². The van der Waals surface area contributed by atoms with E-state index in [2.05, 4.69) is 13.8 Å². The Morgan fingerprint density at radius 2 is 0.848 bits per heavy atom. The van der Waals surface area contributed by atoms with E-state index >= 15 is 0 Å². The second kappa shape index (κ2) is 25.6. The van der Waals surface area contributed by atoms with Crippen LogP contribution < -0.4 is 0 Å². The summed E-state index contributed by atoms with van der Waals surface area (Å²) in [4.78, 5) is 23.8. The number of unbranched alkanes of at least 4 members (excludes halogenated alkanes) is 18. The summed E-state index contributed by atoms with van der Waals surface area (Å²) in [5.74, 6) is -0.348. The number of hydrogen-bond acceptors (Lipinski definition) is 4. The molecule has 0 radical (unpaired) electrons. The lowest BCUT2D eigenvalue weighted by Gasteiger charge is -2.13. The molecule has 0 saturated carbocycles. The van der Waals surface area contributed by atoms with Gasteiger partial charge in [0.15, 0.2) is 0 Å². The Bertz CT molecular complexity index is 435. The van der Waals surface area contributed by atoms with Crippen LogP contribution in [0.15, 0.2) is 0 Å². The zero-order chi connectivity index (χ0) is 24.4. The predicted octanol–water partition coefficient (Wildman–Crippen LogP) is 9.08. The first kappa shape index (κ1) is 31.9. The molecular formula is C29H56O4. The van der Waals surface area contributed by atoms with Crippen molar-refractivity contribution in [3.63, 3.8) is 0 Å². The molecule has 0 aliphatic rings. The zero-order valence-corrected chi connectivity index (χ0v) is 22.5. The third-order valence-corrected chi connectivity index (χ3v) is 6.28. The van der Waals surface area contributed by atoms with E-state index in [1.54, 1.807) is 6.92 Å². The lowest BCUT2D eigenvalue weighted by atomic mass is 10.1. The van der Waals surface area contributed by atoms with Crippen LogP contribution in [-0.2, 0) is 19.1 Å². The Labute approximate surface area is 206 Å². The highest BCUT2D eigenvalue weighted by Crippen LogP contribution is 2.13. The first-order valence-corrected chi connectivity index (χ1v) is 14.4. The number of rotatable bonds is 25. The van der Waals surface area contributed by atoms with E-state index in [0.717, 1.165) is 25.7 Å². The van der Waals surface area contributed by atoms with Crippen LogP contribution in [0, 0.1) is 0 Å². The molecule has 0 aromatic rings. The van der Waals surface area contributed by atoms with Crippen LogP contribution in [0.25, 0.3) is 0 Å². The van der Waals surface area contributed by atoms with Crippen molar-refractivity contribution in [3.8, 4) is 0 Å². The van der Waals surface area contributed by atoms with Gasteiger partial charge in [0.05, 0.1) is 0 Å². The quantitative estimate of drug-likeness (QED) is 0.0990. The summed E-state index contributed by atoms with van der Waals surface area (Å²) in [6, 6.07) is 0. The molecule has 0 fully saturated rings. The fourth-order valence-corrected chi connectivity index (χ4v) is 4.11. The van der Waals surface area contributed by atoms with Gasteiger partial charge in [0.1, 0.15) is 12.7 Å². The van der Waals surface area contributed by atoms with Crippen molar-refractivity contribution in [2.45, 2.75) is 168 Å². The largest absolute Gasteiger partial charge is 0.462 e. The number of esters is 2. The Kier molecular flexibility index (Phi) is 24.7. The summed E-state index contributed by atoms with van der Waals surface area (Å²) in [6.07, 6.45) is 25.6. The number of carbonyl (C=O) groups is 2. The van der Waals surface area contributed by atoms with Crippen LogP contribution in [0.2, 0.25) is 0 Å². The Morgan fingerprint density at radius 3 is 1.24 bits per heavy atom. The Hall–Kier alpha value is -1.06. The van der Waals surface area contributed by atoms with Crippen molar-refractivity contribution in [1.82, 2.24) is 0 Å². The summed E-state index contributed by atoms with van der Waals surface area (Å²) in [5.41, 5.74) is 0. The highest BCUT2D eigenvalue weighted by Gasteiger charge is 2.12. The van der Waals surface area contributed by atoms with Crippen LogP contribution in [0.4, 0.5) is 0 Å². The van der Waals surface area contributed by atoms with E-state index in [1.165, 1.54) is 103 Å². The average molecular weight is 469 g/mol. The molecule has 0 bridgehead atoms. The van der Waals surface area contributed by atoms with E-state index in [4.69, 9.17) is 9.47 Å². The summed E-state index contributed by atoms with van der Waals surface area (Å²) in [5, 5.41) is 0. The van der Waals surface area contributed by atoms with Crippen molar-refractivity contribution < 1.29 is 19.1 Å². The van der Waals surface area contributed by atoms with E-state index in [9.17, 15) is 9.59 Å². The van der Waals surface area contributed by atoms with Gasteiger partial charge >= 0.3 is 11.9 Å². The molecule has 0 rings (SSSR count). The molecule has 0 saturated heterocycles. The first-order chi connectivity index (χ1) is 16.1. The summed E-state index contributed by atoms with van der Waals surface area (Å²) >= 11 is 0. The van der Waals surface area contributed by atoms with Gasteiger partial charge in [-0.1, -0.05) is 129 Å². The SMILES string of the molecule is CCCCCCCCCCCCCC(=O)O[C@H](C)COC(=O)CCCCCCCCCCC. The summed E-state index contributed by atoms with van der Waals surface area (Å²) in [6.45, 7) is 6.46. The van der Waals surface area contributed by atoms with Crippen molar-refractivity contribution in [2.24, 2.45) is 0 Å². The van der Waals surface area contributed by atoms with Crippen molar-refractivity contribution in [2.75, 3.05) is 6.61 Å². The monoisotopic (exact) mass is 468 g/mol. The van der Waals surface area contributed by atoms with Gasteiger partial charge in [-0.05, 0) is 19.8 Å². The smallest absolute Gasteiger partial charge is 0.306 e. The summed E-state index contributed by atoms with van der Waals surface area (Å²) in [7, 11) is 0. The number of ether oxygens (including phenoxy) is 2. The predicted molar refractivity (Wildman–Crippen MR) is 139 cm³/mol. The molecule has 33 heavy (non-hydrogen) atoms. The molecule has 0 unspecified atom stereocenters. The van der Waals surface area contributed by atoms with Gasteiger partial charge in [0.2, 0.25) is 0 Å². The van der Waals surface area contributed by atoms with Gasteiger partial charge in [0, 0.05) is 12.8 Å². The minimum Gasteiger partial charge on any atom is -0.462 e. The Morgan fingerprint density at radius 1 is 0.515 bits per heavy atom. The fourth-order valence-electron chi connectivity index (χ4n) is 4.11. The minimum absolute atomic E-state index is 0.167. The van der Waals surface area contributed by atoms with E-state index in [-0.39, 0.29) is 24.6 Å². The molecule has 0 spiro atoms. The molecule has 0 N–H and O–H groups in total. The molecule has 196 valence electrons. The van der Waals surface area contributed by atoms with Crippen LogP contribution in [0.5, 0.6) is 0 Å². The van der Waals surface area contributed by atoms with Gasteiger partial charge in [-0.2, -0.15) is 0 Å². The highest BCUT2D eigenvalue weighted by molar-refractivity contribution is 5.70. The van der Waals surface area contributed by atoms with Crippen LogP contribution in [0.3, 0.4) is 0 Å². The molecule has 1 atom stereocenters. The maximum absolute atomic E-state index is 12.0. The molecule has 0 heterocycles. The van der Waals surface area contributed by atoms with Gasteiger partial charge in [-0.25, -0.2) is 0 Å². The van der Waals surface area contributed by atoms with Gasteiger partial charge < -0.3 is 9.47 Å². The molecule has 4 nitrogen and oxygen atoms in total. The van der Waals surface area contributed by atoms with Crippen molar-refractivity contribution in [3.05, 3.63) is 0 Å². The average Bonchev–Trinajstić information content (AvgIpc) is 2.80. The molecule has 0 aliphatic heterocycles. The van der Waals surface area contributed by atoms with E-state index in [1.807, 2.05) is 0 Å². The number of carbonyl (C=O) groups excluding carboxylic acids is 2. The fraction of sp³-hybridized carbons (Fsp3) is 0.931.